The summed E-state index contributed by atoms with van der Waals surface area (Å²) in [5.41, 5.74) is 0.224. The summed E-state index contributed by atoms with van der Waals surface area (Å²) in [6.07, 6.45) is 1.27. The van der Waals surface area contributed by atoms with E-state index in [0.29, 0.717) is 12.1 Å². The van der Waals surface area contributed by atoms with Crippen molar-refractivity contribution in [2.75, 3.05) is 26.4 Å². The summed E-state index contributed by atoms with van der Waals surface area (Å²) >= 11 is 0. The van der Waals surface area contributed by atoms with Crippen LogP contribution in [0.3, 0.4) is 0 Å². The maximum Gasteiger partial charge on any atom is 0.0595 e. The fourth-order valence-electron chi connectivity index (χ4n) is 1.19. The molecule has 0 aromatic heterocycles. The van der Waals surface area contributed by atoms with Crippen molar-refractivity contribution >= 4 is 0 Å². The number of hydrogen-bond donors (Lipinski definition) is 1. The maximum atomic E-state index is 5.76. The van der Waals surface area contributed by atoms with E-state index in [1.165, 1.54) is 0 Å². The average Bonchev–Trinajstić information content (AvgIpc) is 2.19. The second-order valence-corrected chi connectivity index (χ2v) is 5.95. The predicted octanol–water partition coefficient (Wildman–Crippen LogP) is 2.84. The first-order valence-electron chi connectivity index (χ1n) is 6.76. The molecule has 1 atom stereocenters. The number of nitrogens with one attached hydrogen (secondary N) is 1. The second kappa shape index (κ2) is 8.90. The number of ether oxygens (including phenoxy) is 2. The monoisotopic (exact) mass is 245 g/mol. The van der Waals surface area contributed by atoms with Crippen LogP contribution >= 0.6 is 0 Å². The van der Waals surface area contributed by atoms with Crippen LogP contribution in [0.2, 0.25) is 0 Å². The third-order valence-electron chi connectivity index (χ3n) is 2.82. The highest BCUT2D eigenvalue weighted by Crippen LogP contribution is 2.21. The van der Waals surface area contributed by atoms with Crippen LogP contribution in [0.15, 0.2) is 0 Å². The summed E-state index contributed by atoms with van der Waals surface area (Å²) in [7, 11) is 0. The number of hydrogen-bond acceptors (Lipinski definition) is 3. The Bertz CT molecular complexity index is 176. The van der Waals surface area contributed by atoms with Crippen molar-refractivity contribution in [1.29, 1.82) is 0 Å². The van der Waals surface area contributed by atoms with E-state index in [0.717, 1.165) is 32.8 Å². The fourth-order valence-corrected chi connectivity index (χ4v) is 1.19. The summed E-state index contributed by atoms with van der Waals surface area (Å²) in [6, 6.07) is 0.537. The molecular formula is C14H31NO2. The molecule has 0 aromatic carbocycles. The van der Waals surface area contributed by atoms with E-state index in [2.05, 4.69) is 46.9 Å². The lowest BCUT2D eigenvalue weighted by molar-refractivity contribution is -0.0143. The van der Waals surface area contributed by atoms with Crippen LogP contribution in [0.25, 0.3) is 0 Å². The van der Waals surface area contributed by atoms with Gasteiger partial charge in [-0.1, -0.05) is 34.6 Å². The highest BCUT2D eigenvalue weighted by atomic mass is 16.5. The first kappa shape index (κ1) is 16.9. The van der Waals surface area contributed by atoms with Crippen molar-refractivity contribution in [3.8, 4) is 0 Å². The van der Waals surface area contributed by atoms with Gasteiger partial charge in [-0.2, -0.15) is 0 Å². The zero-order valence-corrected chi connectivity index (χ0v) is 12.5. The van der Waals surface area contributed by atoms with Gasteiger partial charge in [0, 0.05) is 25.8 Å². The van der Waals surface area contributed by atoms with Crippen molar-refractivity contribution in [1.82, 2.24) is 5.32 Å². The molecule has 104 valence electrons. The molecule has 3 nitrogen and oxygen atoms in total. The van der Waals surface area contributed by atoms with Crippen LogP contribution in [0, 0.1) is 5.41 Å². The van der Waals surface area contributed by atoms with Crippen molar-refractivity contribution in [2.45, 2.75) is 60.1 Å². The minimum Gasteiger partial charge on any atom is -0.380 e. The fraction of sp³-hybridized carbons (Fsp3) is 1.00. The van der Waals surface area contributed by atoms with Crippen molar-refractivity contribution in [2.24, 2.45) is 5.41 Å². The lowest BCUT2D eigenvalue weighted by atomic mass is 9.90. The van der Waals surface area contributed by atoms with Crippen molar-refractivity contribution in [3.63, 3.8) is 0 Å². The molecule has 1 N–H and O–H groups in total. The minimum absolute atomic E-state index is 0.224. The topological polar surface area (TPSA) is 30.5 Å². The Morgan fingerprint density at radius 1 is 1.00 bits per heavy atom. The second-order valence-electron chi connectivity index (χ2n) is 5.95. The molecule has 3 heteroatoms. The van der Waals surface area contributed by atoms with Crippen LogP contribution in [0.4, 0.5) is 0 Å². The Labute approximate surface area is 107 Å². The van der Waals surface area contributed by atoms with Crippen LogP contribution in [0.1, 0.15) is 48.0 Å². The summed E-state index contributed by atoms with van der Waals surface area (Å²) in [5, 5.41) is 3.32. The van der Waals surface area contributed by atoms with Gasteiger partial charge in [-0.15, -0.1) is 0 Å². The lowest BCUT2D eigenvalue weighted by Gasteiger charge is -2.27. The molecule has 0 bridgehead atoms. The summed E-state index contributed by atoms with van der Waals surface area (Å²) in [6.45, 7) is 16.3. The van der Waals surface area contributed by atoms with Gasteiger partial charge in [-0.25, -0.2) is 0 Å². The van der Waals surface area contributed by atoms with Crippen LogP contribution < -0.4 is 5.32 Å². The van der Waals surface area contributed by atoms with E-state index >= 15 is 0 Å². The highest BCUT2D eigenvalue weighted by molar-refractivity contribution is 4.69. The predicted molar refractivity (Wildman–Crippen MR) is 73.4 cm³/mol. The molecule has 0 aromatic rings. The Balaban J connectivity index is 3.24. The molecule has 0 aliphatic rings. The first-order chi connectivity index (χ1) is 7.84. The molecule has 0 heterocycles. The van der Waals surface area contributed by atoms with Crippen LogP contribution in [0.5, 0.6) is 0 Å². The van der Waals surface area contributed by atoms with E-state index in [-0.39, 0.29) is 5.41 Å². The maximum absolute atomic E-state index is 5.76. The third kappa shape index (κ3) is 10.7. The van der Waals surface area contributed by atoms with E-state index in [1.54, 1.807) is 0 Å². The molecule has 17 heavy (non-hydrogen) atoms. The van der Waals surface area contributed by atoms with E-state index < -0.39 is 0 Å². The first-order valence-corrected chi connectivity index (χ1v) is 6.76. The molecule has 0 rings (SSSR count). The molecule has 0 fully saturated rings. The van der Waals surface area contributed by atoms with Gasteiger partial charge in [0.1, 0.15) is 0 Å². The standard InChI is InChI=1S/C14H31NO2/c1-12(2)15-8-11-16-9-7-10-17-13(3)14(4,5)6/h12-13,15H,7-11H2,1-6H3/t13-/m0/s1. The third-order valence-corrected chi connectivity index (χ3v) is 2.82. The quantitative estimate of drug-likeness (QED) is 0.634. The van der Waals surface area contributed by atoms with E-state index in [1.807, 2.05) is 0 Å². The average molecular weight is 245 g/mol. The largest absolute Gasteiger partial charge is 0.380 e. The molecule has 0 spiro atoms. The Morgan fingerprint density at radius 2 is 1.65 bits per heavy atom. The SMILES string of the molecule is CC(C)NCCOCCCO[C@@H](C)C(C)(C)C. The molecular weight excluding hydrogens is 214 g/mol. The zero-order valence-electron chi connectivity index (χ0n) is 12.5. The van der Waals surface area contributed by atoms with Gasteiger partial charge in [0.05, 0.1) is 12.7 Å². The number of rotatable bonds is 9. The summed E-state index contributed by atoms with van der Waals surface area (Å²) in [4.78, 5) is 0. The lowest BCUT2D eigenvalue weighted by Crippen LogP contribution is -2.27. The van der Waals surface area contributed by atoms with Gasteiger partial charge in [-0.05, 0) is 18.8 Å². The van der Waals surface area contributed by atoms with Crippen LogP contribution in [-0.2, 0) is 9.47 Å². The Kier molecular flexibility index (Phi) is 8.83. The Hall–Kier alpha value is -0.120. The normalized spacial score (nSPS) is 14.3. The van der Waals surface area contributed by atoms with Crippen LogP contribution in [-0.4, -0.2) is 38.5 Å². The molecule has 0 amide bonds. The van der Waals surface area contributed by atoms with Crippen molar-refractivity contribution in [3.05, 3.63) is 0 Å². The highest BCUT2D eigenvalue weighted by Gasteiger charge is 2.19. The summed E-state index contributed by atoms with van der Waals surface area (Å²) < 4.78 is 11.3. The zero-order chi connectivity index (χ0) is 13.3. The molecule has 0 unspecified atom stereocenters. The minimum atomic E-state index is 0.224. The smallest absolute Gasteiger partial charge is 0.0595 e. The molecule has 0 saturated carbocycles. The van der Waals surface area contributed by atoms with Gasteiger partial charge >= 0.3 is 0 Å². The molecule has 0 aliphatic carbocycles. The van der Waals surface area contributed by atoms with E-state index in [9.17, 15) is 0 Å². The van der Waals surface area contributed by atoms with E-state index in [4.69, 9.17) is 9.47 Å². The van der Waals surface area contributed by atoms with Gasteiger partial charge in [0.15, 0.2) is 0 Å². The molecule has 0 radical (unpaired) electrons. The van der Waals surface area contributed by atoms with Gasteiger partial charge in [-0.3, -0.25) is 0 Å². The van der Waals surface area contributed by atoms with Gasteiger partial charge in [0.2, 0.25) is 0 Å². The summed E-state index contributed by atoms with van der Waals surface area (Å²) in [5.74, 6) is 0. The van der Waals surface area contributed by atoms with Gasteiger partial charge < -0.3 is 14.8 Å². The van der Waals surface area contributed by atoms with Gasteiger partial charge in [0.25, 0.3) is 0 Å². The Morgan fingerprint density at radius 3 is 2.18 bits per heavy atom. The molecule has 0 saturated heterocycles. The molecule has 0 aliphatic heterocycles. The van der Waals surface area contributed by atoms with Crippen molar-refractivity contribution < 1.29 is 9.47 Å².